The predicted molar refractivity (Wildman–Crippen MR) is 84.3 cm³/mol. The lowest BCUT2D eigenvalue weighted by Crippen LogP contribution is -2.14. The summed E-state index contributed by atoms with van der Waals surface area (Å²) in [4.78, 5) is 12.1. The first-order valence-corrected chi connectivity index (χ1v) is 7.15. The van der Waals surface area contributed by atoms with Gasteiger partial charge in [-0.25, -0.2) is 4.39 Å². The van der Waals surface area contributed by atoms with Crippen molar-refractivity contribution >= 4 is 23.2 Å². The molecule has 2 rings (SSSR count). The molecule has 21 heavy (non-hydrogen) atoms. The molecule has 2 aromatic rings. The Morgan fingerprint density at radius 1 is 1.24 bits per heavy atom. The molecule has 110 valence electrons. The van der Waals surface area contributed by atoms with Gasteiger partial charge >= 0.3 is 0 Å². The van der Waals surface area contributed by atoms with Crippen LogP contribution in [0.2, 0.25) is 5.02 Å². The van der Waals surface area contributed by atoms with Crippen LogP contribution in [-0.2, 0) is 4.79 Å². The van der Waals surface area contributed by atoms with Crippen LogP contribution in [0.25, 0.3) is 0 Å². The number of anilines is 1. The van der Waals surface area contributed by atoms with Crippen molar-refractivity contribution in [1.82, 2.24) is 0 Å². The molecule has 0 aromatic heterocycles. The molecule has 0 saturated heterocycles. The summed E-state index contributed by atoms with van der Waals surface area (Å²) in [7, 11) is 0. The van der Waals surface area contributed by atoms with Gasteiger partial charge in [-0.15, -0.1) is 0 Å². The van der Waals surface area contributed by atoms with Gasteiger partial charge < -0.3 is 5.32 Å². The summed E-state index contributed by atoms with van der Waals surface area (Å²) in [5, 5.41) is 3.33. The first-order chi connectivity index (χ1) is 9.95. The molecule has 2 aromatic carbocycles. The van der Waals surface area contributed by atoms with Crippen LogP contribution in [0.3, 0.4) is 0 Å². The molecule has 0 heterocycles. The van der Waals surface area contributed by atoms with Crippen molar-refractivity contribution in [3.05, 3.63) is 64.4 Å². The molecular formula is C17H17ClFNO. The highest BCUT2D eigenvalue weighted by Crippen LogP contribution is 2.24. The van der Waals surface area contributed by atoms with Gasteiger partial charge in [0.1, 0.15) is 5.82 Å². The lowest BCUT2D eigenvalue weighted by Gasteiger charge is -2.13. The Morgan fingerprint density at radius 3 is 2.52 bits per heavy atom. The summed E-state index contributed by atoms with van der Waals surface area (Å²) in [6.45, 7) is 3.87. The molecule has 0 bridgehead atoms. The minimum Gasteiger partial charge on any atom is -0.325 e. The summed E-state index contributed by atoms with van der Waals surface area (Å²) in [6, 6.07) is 11.7. The smallest absolute Gasteiger partial charge is 0.225 e. The zero-order chi connectivity index (χ0) is 15.4. The van der Waals surface area contributed by atoms with Gasteiger partial charge in [-0.05, 0) is 48.2 Å². The lowest BCUT2D eigenvalue weighted by atomic mass is 9.97. The van der Waals surface area contributed by atoms with E-state index in [-0.39, 0.29) is 17.6 Å². The second-order valence-electron chi connectivity index (χ2n) is 5.19. The molecule has 0 aliphatic carbocycles. The number of rotatable bonds is 4. The molecule has 1 amide bonds. The van der Waals surface area contributed by atoms with Gasteiger partial charge in [0, 0.05) is 6.42 Å². The average molecular weight is 306 g/mol. The van der Waals surface area contributed by atoms with Crippen LogP contribution in [0, 0.1) is 12.7 Å². The van der Waals surface area contributed by atoms with E-state index in [0.717, 1.165) is 11.1 Å². The van der Waals surface area contributed by atoms with E-state index >= 15 is 0 Å². The number of amides is 1. The van der Waals surface area contributed by atoms with Crippen LogP contribution in [0.1, 0.15) is 30.4 Å². The van der Waals surface area contributed by atoms with E-state index in [4.69, 9.17) is 11.6 Å². The number of hydrogen-bond acceptors (Lipinski definition) is 1. The molecule has 0 aliphatic rings. The Bertz CT molecular complexity index is 640. The zero-order valence-corrected chi connectivity index (χ0v) is 12.7. The molecule has 1 atom stereocenters. The normalized spacial score (nSPS) is 12.0. The third-order valence-electron chi connectivity index (χ3n) is 3.33. The standard InChI is InChI=1S/C17H17ClFNO/c1-11-3-8-16(15(18)9-11)20-17(21)10-12(2)13-4-6-14(19)7-5-13/h3-9,12H,10H2,1-2H3,(H,20,21). The van der Waals surface area contributed by atoms with Crippen LogP contribution in [0.15, 0.2) is 42.5 Å². The van der Waals surface area contributed by atoms with Gasteiger partial charge in [0.25, 0.3) is 0 Å². The number of benzene rings is 2. The quantitative estimate of drug-likeness (QED) is 0.853. The fourth-order valence-electron chi connectivity index (χ4n) is 2.11. The van der Waals surface area contributed by atoms with E-state index in [2.05, 4.69) is 5.32 Å². The Balaban J connectivity index is 1.99. The second kappa shape index (κ2) is 6.72. The van der Waals surface area contributed by atoms with E-state index in [1.54, 1.807) is 24.3 Å². The molecular weight excluding hydrogens is 289 g/mol. The molecule has 0 aliphatic heterocycles. The van der Waals surface area contributed by atoms with Crippen LogP contribution >= 0.6 is 11.6 Å². The van der Waals surface area contributed by atoms with Gasteiger partial charge in [0.05, 0.1) is 10.7 Å². The van der Waals surface area contributed by atoms with E-state index in [1.807, 2.05) is 19.9 Å². The van der Waals surface area contributed by atoms with Crippen molar-refractivity contribution in [1.29, 1.82) is 0 Å². The summed E-state index contributed by atoms with van der Waals surface area (Å²) in [5.74, 6) is -0.380. The zero-order valence-electron chi connectivity index (χ0n) is 12.0. The third kappa shape index (κ3) is 4.30. The molecule has 0 spiro atoms. The monoisotopic (exact) mass is 305 g/mol. The van der Waals surface area contributed by atoms with Gasteiger partial charge in [-0.3, -0.25) is 4.79 Å². The Labute approximate surface area is 128 Å². The predicted octanol–water partition coefficient (Wildman–Crippen LogP) is 4.92. The van der Waals surface area contributed by atoms with E-state index < -0.39 is 0 Å². The van der Waals surface area contributed by atoms with E-state index in [0.29, 0.717) is 17.1 Å². The highest BCUT2D eigenvalue weighted by atomic mass is 35.5. The highest BCUT2D eigenvalue weighted by Gasteiger charge is 2.12. The molecule has 4 heteroatoms. The van der Waals surface area contributed by atoms with E-state index in [1.165, 1.54) is 12.1 Å². The topological polar surface area (TPSA) is 29.1 Å². The lowest BCUT2D eigenvalue weighted by molar-refractivity contribution is -0.116. The largest absolute Gasteiger partial charge is 0.325 e. The molecule has 1 N–H and O–H groups in total. The fourth-order valence-corrected chi connectivity index (χ4v) is 2.39. The van der Waals surface area contributed by atoms with Crippen LogP contribution in [0.5, 0.6) is 0 Å². The Morgan fingerprint density at radius 2 is 1.90 bits per heavy atom. The maximum Gasteiger partial charge on any atom is 0.225 e. The summed E-state index contributed by atoms with van der Waals surface area (Å²) in [5.41, 5.74) is 2.58. The van der Waals surface area contributed by atoms with Crippen LogP contribution < -0.4 is 5.32 Å². The van der Waals surface area contributed by atoms with Gasteiger partial charge in [0.2, 0.25) is 5.91 Å². The van der Waals surface area contributed by atoms with Gasteiger partial charge in [-0.2, -0.15) is 0 Å². The number of carbonyl (C=O) groups excluding carboxylic acids is 1. The first-order valence-electron chi connectivity index (χ1n) is 6.77. The van der Waals surface area contributed by atoms with Crippen molar-refractivity contribution in [3.63, 3.8) is 0 Å². The molecule has 1 unspecified atom stereocenters. The van der Waals surface area contributed by atoms with Crippen molar-refractivity contribution in [3.8, 4) is 0 Å². The SMILES string of the molecule is Cc1ccc(NC(=O)CC(C)c2ccc(F)cc2)c(Cl)c1. The number of aryl methyl sites for hydroxylation is 1. The van der Waals surface area contributed by atoms with Crippen molar-refractivity contribution in [2.24, 2.45) is 0 Å². The van der Waals surface area contributed by atoms with Crippen LogP contribution in [-0.4, -0.2) is 5.91 Å². The number of halogens is 2. The maximum absolute atomic E-state index is 12.9. The highest BCUT2D eigenvalue weighted by molar-refractivity contribution is 6.33. The number of nitrogens with one attached hydrogen (secondary N) is 1. The maximum atomic E-state index is 12.9. The number of hydrogen-bond donors (Lipinski definition) is 1. The van der Waals surface area contributed by atoms with Gasteiger partial charge in [-0.1, -0.05) is 36.7 Å². The Kier molecular flexibility index (Phi) is 4.97. The molecule has 0 radical (unpaired) electrons. The van der Waals surface area contributed by atoms with Crippen molar-refractivity contribution in [2.45, 2.75) is 26.2 Å². The van der Waals surface area contributed by atoms with Crippen molar-refractivity contribution in [2.75, 3.05) is 5.32 Å². The van der Waals surface area contributed by atoms with Gasteiger partial charge in [0.15, 0.2) is 0 Å². The minimum atomic E-state index is -0.276. The first kappa shape index (κ1) is 15.5. The molecule has 0 saturated carbocycles. The second-order valence-corrected chi connectivity index (χ2v) is 5.60. The average Bonchev–Trinajstić information content (AvgIpc) is 2.42. The molecule has 2 nitrogen and oxygen atoms in total. The summed E-state index contributed by atoms with van der Waals surface area (Å²) in [6.07, 6.45) is 0.315. The summed E-state index contributed by atoms with van der Waals surface area (Å²) >= 11 is 6.09. The van der Waals surface area contributed by atoms with E-state index in [9.17, 15) is 9.18 Å². The van der Waals surface area contributed by atoms with Crippen LogP contribution in [0.4, 0.5) is 10.1 Å². The fraction of sp³-hybridized carbons (Fsp3) is 0.235. The molecule has 0 fully saturated rings. The third-order valence-corrected chi connectivity index (χ3v) is 3.64. The minimum absolute atomic E-state index is 0.00910. The number of carbonyl (C=O) groups is 1. The Hall–Kier alpha value is -1.87. The summed E-state index contributed by atoms with van der Waals surface area (Å²) < 4.78 is 12.9. The van der Waals surface area contributed by atoms with Crippen molar-refractivity contribution < 1.29 is 9.18 Å².